The Hall–Kier alpha value is -6.69. The molecule has 0 unspecified atom stereocenters. The summed E-state index contributed by atoms with van der Waals surface area (Å²) < 4.78 is 50.8. The molecule has 4 aromatic carbocycles. The van der Waals surface area contributed by atoms with Crippen molar-refractivity contribution in [2.24, 2.45) is 0 Å². The summed E-state index contributed by atoms with van der Waals surface area (Å²) in [5, 5.41) is 19.1. The largest absolute Gasteiger partial charge is 0.488 e. The number of carboxylic acids is 1. The number of oxazole rings is 2. The van der Waals surface area contributed by atoms with E-state index in [4.69, 9.17) is 34.8 Å². The summed E-state index contributed by atoms with van der Waals surface area (Å²) in [6.45, 7) is 9.03. The van der Waals surface area contributed by atoms with Crippen molar-refractivity contribution in [2.45, 2.75) is 71.8 Å². The summed E-state index contributed by atoms with van der Waals surface area (Å²) in [4.78, 5) is 30.8. The lowest BCUT2D eigenvalue weighted by Crippen LogP contribution is -2.35. The molecule has 1 fully saturated rings. The van der Waals surface area contributed by atoms with E-state index in [9.17, 15) is 23.8 Å². The summed E-state index contributed by atoms with van der Waals surface area (Å²) in [5.41, 5.74) is 9.24. The highest BCUT2D eigenvalue weighted by molar-refractivity contribution is 5.85. The predicted octanol–water partition coefficient (Wildman–Crippen LogP) is 10.1. The van der Waals surface area contributed by atoms with Gasteiger partial charge >= 0.3 is 12.6 Å². The SMILES string of the molecule is [C-]#[N+]c1ccc(COc2cc3oc(-c4cccc(-c5cccc(-c6nc7cc(CN8CCC[C@H]8C(=O)O)c(OC(F)F)cc7o6)c5C)c4C)nc3cc2CCCCO)cn1. The molecule has 306 valence electrons. The van der Waals surface area contributed by atoms with Gasteiger partial charge in [-0.15, -0.1) is 4.98 Å². The quantitative estimate of drug-likeness (QED) is 0.0753. The van der Waals surface area contributed by atoms with Gasteiger partial charge in [-0.2, -0.15) is 8.78 Å². The normalized spacial score (nSPS) is 14.3. The van der Waals surface area contributed by atoms with Gasteiger partial charge in [-0.3, -0.25) is 9.69 Å². The Morgan fingerprint density at radius 1 is 0.900 bits per heavy atom. The topological polar surface area (TPSA) is 149 Å². The molecular formula is C46H41F2N5O7. The number of hydrogen-bond donors (Lipinski definition) is 2. The van der Waals surface area contributed by atoms with Gasteiger partial charge < -0.3 is 33.4 Å². The molecule has 60 heavy (non-hydrogen) atoms. The fraction of sp³-hybridized carbons (Fsp3) is 0.283. The van der Waals surface area contributed by atoms with Gasteiger partial charge in [0.05, 0.1) is 0 Å². The number of carbonyl (C=O) groups is 1. The molecule has 8 rings (SSSR count). The standard InChI is InChI=1S/C46H41F2N5O7/c1-26-31(10-6-12-33(26)43-51-35-19-29(9-4-5-18-54)38(21-40(35)58-43)57-25-28-15-16-42(49-3)50-23-28)32-11-7-13-34(27(32)2)44-52-36-20-30(24-53-17-8-14-37(53)45(55)56)39(60-46(47)48)22-41(36)59-44/h6-7,10-13,15-16,19-23,37,46,54H,4-5,8-9,14,17-18,24-25H2,1-2H3,(H,55,56)/t37-/m0/s1. The summed E-state index contributed by atoms with van der Waals surface area (Å²) in [7, 11) is 0. The van der Waals surface area contributed by atoms with Gasteiger partial charge in [0.2, 0.25) is 11.8 Å². The summed E-state index contributed by atoms with van der Waals surface area (Å²) in [6, 6.07) is 21.3. The number of rotatable bonds is 15. The Morgan fingerprint density at radius 3 is 2.12 bits per heavy atom. The Balaban J connectivity index is 1.10. The number of nitrogens with zero attached hydrogens (tertiary/aromatic N) is 5. The average Bonchev–Trinajstić information content (AvgIpc) is 3.99. The van der Waals surface area contributed by atoms with E-state index >= 15 is 0 Å². The Morgan fingerprint density at radius 2 is 1.53 bits per heavy atom. The van der Waals surface area contributed by atoms with Gasteiger partial charge in [0.1, 0.15) is 41.4 Å². The second-order valence-electron chi connectivity index (χ2n) is 14.8. The van der Waals surface area contributed by atoms with Crippen molar-refractivity contribution in [3.63, 3.8) is 0 Å². The number of likely N-dealkylation sites (tertiary alicyclic amines) is 1. The lowest BCUT2D eigenvalue weighted by atomic mass is 9.91. The molecule has 0 bridgehead atoms. The first-order chi connectivity index (χ1) is 29.1. The number of halogens is 2. The van der Waals surface area contributed by atoms with Gasteiger partial charge in [-0.1, -0.05) is 36.9 Å². The van der Waals surface area contributed by atoms with Crippen LogP contribution in [0.1, 0.15) is 53.5 Å². The molecule has 1 aliphatic heterocycles. The molecule has 14 heteroatoms. The molecule has 1 aliphatic rings. The van der Waals surface area contributed by atoms with Crippen LogP contribution in [0.25, 0.3) is 61.1 Å². The zero-order valence-electron chi connectivity index (χ0n) is 33.0. The van der Waals surface area contributed by atoms with E-state index in [2.05, 4.69) is 9.83 Å². The van der Waals surface area contributed by atoms with E-state index in [-0.39, 0.29) is 31.1 Å². The van der Waals surface area contributed by atoms with E-state index in [1.165, 1.54) is 6.07 Å². The Labute approximate surface area is 343 Å². The third-order valence-corrected chi connectivity index (χ3v) is 11.0. The van der Waals surface area contributed by atoms with E-state index in [1.54, 1.807) is 23.2 Å². The monoisotopic (exact) mass is 813 g/mol. The minimum atomic E-state index is -3.08. The highest BCUT2D eigenvalue weighted by atomic mass is 19.3. The molecule has 0 aliphatic carbocycles. The van der Waals surface area contributed by atoms with E-state index in [0.717, 1.165) is 45.4 Å². The first-order valence-corrected chi connectivity index (χ1v) is 19.6. The number of alkyl halides is 2. The van der Waals surface area contributed by atoms with Crippen LogP contribution in [0.15, 0.2) is 87.8 Å². The molecule has 0 radical (unpaired) electrons. The molecule has 3 aromatic heterocycles. The number of fused-ring (bicyclic) bond motifs is 2. The maximum Gasteiger partial charge on any atom is 0.387 e. The summed E-state index contributed by atoms with van der Waals surface area (Å²) in [5.74, 6) is 0.655. The van der Waals surface area contributed by atoms with Crippen molar-refractivity contribution in [3.05, 3.63) is 118 Å². The van der Waals surface area contributed by atoms with Gasteiger partial charge in [-0.25, -0.2) is 9.97 Å². The predicted molar refractivity (Wildman–Crippen MR) is 220 cm³/mol. The van der Waals surface area contributed by atoms with Gasteiger partial charge in [-0.05, 0) is 111 Å². The van der Waals surface area contributed by atoms with Crippen LogP contribution in [0.2, 0.25) is 0 Å². The third-order valence-electron chi connectivity index (χ3n) is 11.0. The zero-order valence-corrected chi connectivity index (χ0v) is 33.0. The van der Waals surface area contributed by atoms with Crippen LogP contribution in [-0.4, -0.2) is 61.8 Å². The van der Waals surface area contributed by atoms with Crippen molar-refractivity contribution in [1.29, 1.82) is 0 Å². The molecule has 7 aromatic rings. The minimum absolute atomic E-state index is 0.0866. The van der Waals surface area contributed by atoms with Crippen molar-refractivity contribution >= 4 is 34.0 Å². The van der Waals surface area contributed by atoms with Crippen molar-refractivity contribution in [2.75, 3.05) is 13.2 Å². The van der Waals surface area contributed by atoms with Crippen LogP contribution in [0.5, 0.6) is 11.5 Å². The van der Waals surface area contributed by atoms with Crippen molar-refractivity contribution in [3.8, 4) is 45.5 Å². The molecule has 1 atom stereocenters. The maximum atomic E-state index is 13.5. The highest BCUT2D eigenvalue weighted by Gasteiger charge is 2.31. The van der Waals surface area contributed by atoms with Crippen molar-refractivity contribution in [1.82, 2.24) is 19.9 Å². The first-order valence-electron chi connectivity index (χ1n) is 19.6. The second kappa shape index (κ2) is 17.3. The van der Waals surface area contributed by atoms with Gasteiger partial charge in [0.25, 0.3) is 5.82 Å². The zero-order chi connectivity index (χ0) is 41.9. The smallest absolute Gasteiger partial charge is 0.387 e. The van der Waals surface area contributed by atoms with E-state index in [0.29, 0.717) is 83.3 Å². The Kier molecular flexibility index (Phi) is 11.5. The molecule has 12 nitrogen and oxygen atoms in total. The lowest BCUT2D eigenvalue weighted by molar-refractivity contribution is -0.142. The summed E-state index contributed by atoms with van der Waals surface area (Å²) >= 11 is 0. The number of ether oxygens (including phenoxy) is 2. The molecule has 2 N–H and O–H groups in total. The molecule has 4 heterocycles. The van der Waals surface area contributed by atoms with Crippen molar-refractivity contribution < 1.29 is 42.1 Å². The van der Waals surface area contributed by atoms with Gasteiger partial charge in [0, 0.05) is 47.5 Å². The number of unbranched alkanes of at least 4 members (excludes halogenated alkanes) is 1. The molecule has 0 spiro atoms. The summed E-state index contributed by atoms with van der Waals surface area (Å²) in [6.07, 6.45) is 4.88. The number of carboxylic acid groups (broad SMARTS) is 1. The van der Waals surface area contributed by atoms with Crippen LogP contribution >= 0.6 is 0 Å². The second-order valence-corrected chi connectivity index (χ2v) is 14.8. The Bertz CT molecular complexity index is 2740. The molecule has 0 amide bonds. The molecular weight excluding hydrogens is 773 g/mol. The fourth-order valence-electron chi connectivity index (χ4n) is 7.87. The minimum Gasteiger partial charge on any atom is -0.488 e. The fourth-order valence-corrected chi connectivity index (χ4v) is 7.87. The third kappa shape index (κ3) is 8.27. The maximum absolute atomic E-state index is 13.5. The van der Waals surface area contributed by atoms with Crippen LogP contribution in [0.4, 0.5) is 14.6 Å². The average molecular weight is 814 g/mol. The van der Waals surface area contributed by atoms with Gasteiger partial charge in [0.15, 0.2) is 11.2 Å². The van der Waals surface area contributed by atoms with Crippen LogP contribution in [-0.2, 0) is 24.4 Å². The number of aromatic nitrogens is 3. The number of aliphatic carboxylic acids is 1. The molecule has 1 saturated heterocycles. The lowest BCUT2D eigenvalue weighted by Gasteiger charge is -2.22. The first kappa shape index (κ1) is 40.1. The number of aryl methyl sites for hydroxylation is 1. The van der Waals surface area contributed by atoms with Crippen LogP contribution < -0.4 is 9.47 Å². The number of hydrogen-bond acceptors (Lipinski definition) is 10. The highest BCUT2D eigenvalue weighted by Crippen LogP contribution is 2.40. The van der Waals surface area contributed by atoms with Crippen LogP contribution in [0, 0.1) is 20.4 Å². The molecule has 0 saturated carbocycles. The number of benzene rings is 4. The number of aliphatic hydroxyl groups is 1. The number of aliphatic hydroxyl groups excluding tert-OH is 1. The van der Waals surface area contributed by atoms with E-state index in [1.807, 2.05) is 68.4 Å². The van der Waals surface area contributed by atoms with Crippen LogP contribution in [0.3, 0.4) is 0 Å². The van der Waals surface area contributed by atoms with E-state index < -0.39 is 18.6 Å². The number of pyridine rings is 1.